The van der Waals surface area contributed by atoms with Gasteiger partial charge in [-0.3, -0.25) is 0 Å². The van der Waals surface area contributed by atoms with Crippen molar-refractivity contribution in [2.45, 2.75) is 72.8 Å². The zero-order valence-electron chi connectivity index (χ0n) is 21.6. The summed E-state index contributed by atoms with van der Waals surface area (Å²) in [6.45, 7) is 10.8. The molecule has 1 atom stereocenters. The molecule has 8 heteroatoms. The fourth-order valence-corrected chi connectivity index (χ4v) is 4.29. The number of tetrazole rings is 1. The van der Waals surface area contributed by atoms with Gasteiger partial charge in [0, 0.05) is 11.5 Å². The van der Waals surface area contributed by atoms with Crippen molar-refractivity contribution in [3.8, 4) is 0 Å². The molecule has 0 saturated heterocycles. The van der Waals surface area contributed by atoms with Crippen LogP contribution in [0.4, 0.5) is 10.2 Å². The number of pyridine rings is 1. The molecule has 0 aliphatic heterocycles. The molecule has 0 bridgehead atoms. The molecule has 2 aromatic heterocycles. The Bertz CT molecular complexity index is 985. The minimum Gasteiger partial charge on any atom is -0.359 e. The summed E-state index contributed by atoms with van der Waals surface area (Å²) < 4.78 is 13.2. The average Bonchev–Trinajstić information content (AvgIpc) is 3.35. The van der Waals surface area contributed by atoms with Gasteiger partial charge in [-0.25, -0.2) is 14.5 Å². The van der Waals surface area contributed by atoms with Crippen molar-refractivity contribution in [2.75, 3.05) is 16.8 Å². The third-order valence-corrected chi connectivity index (χ3v) is 6.31. The Kier molecular flexibility index (Phi) is 13.0. The highest BCUT2D eigenvalue weighted by atomic mass is 32.2. The molecule has 0 aliphatic rings. The first-order chi connectivity index (χ1) is 16.8. The second kappa shape index (κ2) is 16.0. The molecule has 6 nitrogen and oxygen atoms in total. The van der Waals surface area contributed by atoms with Crippen LogP contribution in [0.15, 0.2) is 64.9 Å². The molecule has 2 rings (SSSR count). The van der Waals surface area contributed by atoms with Crippen LogP contribution in [0.1, 0.15) is 78.6 Å². The van der Waals surface area contributed by atoms with Crippen LogP contribution >= 0.6 is 11.8 Å². The molecular weight excluding hydrogens is 459 g/mol. The van der Waals surface area contributed by atoms with Crippen molar-refractivity contribution in [1.82, 2.24) is 25.6 Å². The third kappa shape index (κ3) is 12.5. The van der Waals surface area contributed by atoms with E-state index in [1.165, 1.54) is 34.6 Å². The number of aromatic amines is 1. The predicted octanol–water partition coefficient (Wildman–Crippen LogP) is 7.38. The lowest BCUT2D eigenvalue weighted by Crippen LogP contribution is -2.16. The van der Waals surface area contributed by atoms with Gasteiger partial charge in [0.1, 0.15) is 11.6 Å². The Balaban J connectivity index is 1.92. The van der Waals surface area contributed by atoms with Crippen LogP contribution in [0.2, 0.25) is 0 Å². The van der Waals surface area contributed by atoms with E-state index in [1.54, 1.807) is 17.8 Å². The topological polar surface area (TPSA) is 79.4 Å². The molecule has 190 valence electrons. The number of thioether (sulfide) groups is 1. The minimum atomic E-state index is -0.366. The van der Waals surface area contributed by atoms with E-state index in [9.17, 15) is 4.39 Å². The van der Waals surface area contributed by atoms with Gasteiger partial charge in [0.25, 0.3) is 0 Å². The van der Waals surface area contributed by atoms with Gasteiger partial charge in [-0.05, 0) is 89.3 Å². The van der Waals surface area contributed by atoms with Crippen LogP contribution < -0.4 is 5.32 Å². The van der Waals surface area contributed by atoms with Gasteiger partial charge in [0.15, 0.2) is 5.82 Å². The lowest BCUT2D eigenvalue weighted by atomic mass is 10.0. The molecule has 0 aliphatic carbocycles. The van der Waals surface area contributed by atoms with Crippen LogP contribution in [-0.4, -0.2) is 37.1 Å². The Morgan fingerprint density at radius 3 is 2.46 bits per heavy atom. The van der Waals surface area contributed by atoms with E-state index in [-0.39, 0.29) is 11.9 Å². The van der Waals surface area contributed by atoms with Crippen LogP contribution in [0.25, 0.3) is 0 Å². The van der Waals surface area contributed by atoms with E-state index in [4.69, 9.17) is 0 Å². The van der Waals surface area contributed by atoms with E-state index >= 15 is 0 Å². The summed E-state index contributed by atoms with van der Waals surface area (Å²) in [7, 11) is 0. The van der Waals surface area contributed by atoms with E-state index in [0.29, 0.717) is 11.6 Å². The zero-order chi connectivity index (χ0) is 25.5. The SMILES string of the molecule is CC(C)=CCC/C(C)=C/CC/C(=C/CSCC(Nc1ccc(F)cn1)c1nnn[nH]1)CC=C(C)C. The number of rotatable bonds is 15. The Morgan fingerprint density at radius 2 is 1.80 bits per heavy atom. The quantitative estimate of drug-likeness (QED) is 0.197. The Labute approximate surface area is 213 Å². The average molecular weight is 499 g/mol. The van der Waals surface area contributed by atoms with Crippen molar-refractivity contribution in [3.63, 3.8) is 0 Å². The first-order valence-electron chi connectivity index (χ1n) is 12.1. The van der Waals surface area contributed by atoms with Crippen molar-refractivity contribution >= 4 is 17.6 Å². The summed E-state index contributed by atoms with van der Waals surface area (Å²) in [5.41, 5.74) is 5.64. The van der Waals surface area contributed by atoms with Gasteiger partial charge in [-0.15, -0.1) is 5.10 Å². The monoisotopic (exact) mass is 498 g/mol. The molecule has 2 heterocycles. The van der Waals surface area contributed by atoms with Gasteiger partial charge >= 0.3 is 0 Å². The zero-order valence-corrected chi connectivity index (χ0v) is 22.5. The summed E-state index contributed by atoms with van der Waals surface area (Å²) in [4.78, 5) is 4.10. The van der Waals surface area contributed by atoms with E-state index in [2.05, 4.69) is 89.8 Å². The number of aromatic nitrogens is 5. The van der Waals surface area contributed by atoms with Crippen molar-refractivity contribution in [1.29, 1.82) is 0 Å². The largest absolute Gasteiger partial charge is 0.359 e. The highest BCUT2D eigenvalue weighted by Crippen LogP contribution is 2.22. The lowest BCUT2D eigenvalue weighted by molar-refractivity contribution is 0.621. The predicted molar refractivity (Wildman–Crippen MR) is 146 cm³/mol. The van der Waals surface area contributed by atoms with Gasteiger partial charge in [0.05, 0.1) is 12.2 Å². The summed E-state index contributed by atoms with van der Waals surface area (Å²) in [5.74, 6) is 2.48. The van der Waals surface area contributed by atoms with Crippen LogP contribution in [0, 0.1) is 5.82 Å². The van der Waals surface area contributed by atoms with Gasteiger partial charge in [-0.2, -0.15) is 11.8 Å². The molecule has 35 heavy (non-hydrogen) atoms. The molecule has 2 N–H and O–H groups in total. The summed E-state index contributed by atoms with van der Waals surface area (Å²) in [5, 5.41) is 17.6. The fraction of sp³-hybridized carbons (Fsp3) is 0.481. The molecule has 2 aromatic rings. The number of allylic oxidation sites excluding steroid dienone is 7. The van der Waals surface area contributed by atoms with Crippen LogP contribution in [0.3, 0.4) is 0 Å². The summed E-state index contributed by atoms with van der Waals surface area (Å²) in [6.07, 6.45) is 15.9. The number of hydrogen-bond acceptors (Lipinski definition) is 6. The second-order valence-electron chi connectivity index (χ2n) is 9.14. The third-order valence-electron chi connectivity index (χ3n) is 5.34. The van der Waals surface area contributed by atoms with Crippen LogP contribution in [-0.2, 0) is 0 Å². The second-order valence-corrected chi connectivity index (χ2v) is 10.2. The molecule has 0 radical (unpaired) electrons. The smallest absolute Gasteiger partial charge is 0.171 e. The Hall–Kier alpha value is -2.74. The van der Waals surface area contributed by atoms with Gasteiger partial charge < -0.3 is 5.32 Å². The maximum absolute atomic E-state index is 13.2. The first kappa shape index (κ1) is 28.5. The summed E-state index contributed by atoms with van der Waals surface area (Å²) in [6, 6.07) is 2.84. The number of anilines is 1. The summed E-state index contributed by atoms with van der Waals surface area (Å²) >= 11 is 1.80. The molecule has 0 amide bonds. The number of halogens is 1. The number of nitrogens with one attached hydrogen (secondary N) is 2. The van der Waals surface area contributed by atoms with Crippen molar-refractivity contribution < 1.29 is 4.39 Å². The normalized spacial score (nSPS) is 12.9. The molecule has 0 saturated carbocycles. The molecule has 1 unspecified atom stereocenters. The molecule has 0 aromatic carbocycles. The molecule has 0 spiro atoms. The Morgan fingerprint density at radius 1 is 1.03 bits per heavy atom. The van der Waals surface area contributed by atoms with Gasteiger partial charge in [-0.1, -0.05) is 46.6 Å². The van der Waals surface area contributed by atoms with Crippen molar-refractivity contribution in [3.05, 3.63) is 76.6 Å². The van der Waals surface area contributed by atoms with E-state index in [0.717, 1.165) is 43.6 Å². The maximum Gasteiger partial charge on any atom is 0.171 e. The lowest BCUT2D eigenvalue weighted by Gasteiger charge is -2.16. The number of nitrogens with zero attached hydrogens (tertiary/aromatic N) is 4. The number of hydrogen-bond donors (Lipinski definition) is 2. The standard InChI is InChI=1S/C27H39FN6S/c1-20(2)8-6-9-22(5)10-7-11-23(13-12-21(3)4)16-17-35-19-25(27-31-33-34-32-27)30-26-15-14-24(28)18-29-26/h8,10,12,14-16,18,25H,6-7,9,11,13,17,19H2,1-5H3,(H,29,30)(H,31,32,33,34)/b22-10+,23-16-. The first-order valence-corrected chi connectivity index (χ1v) is 13.3. The number of H-pyrrole nitrogens is 1. The van der Waals surface area contributed by atoms with E-state index < -0.39 is 0 Å². The maximum atomic E-state index is 13.2. The highest BCUT2D eigenvalue weighted by molar-refractivity contribution is 7.99. The van der Waals surface area contributed by atoms with E-state index in [1.807, 2.05) is 0 Å². The molecular formula is C27H39FN6S. The minimum absolute atomic E-state index is 0.158. The van der Waals surface area contributed by atoms with Crippen molar-refractivity contribution in [2.24, 2.45) is 0 Å². The van der Waals surface area contributed by atoms with Crippen LogP contribution in [0.5, 0.6) is 0 Å². The molecule has 0 fully saturated rings. The van der Waals surface area contributed by atoms with Gasteiger partial charge in [0.2, 0.25) is 0 Å². The highest BCUT2D eigenvalue weighted by Gasteiger charge is 2.16. The fourth-order valence-electron chi connectivity index (χ4n) is 3.32.